The molecule has 8 heteroatoms. The van der Waals surface area contributed by atoms with Crippen molar-refractivity contribution >= 4 is 17.4 Å². The number of phenolic OH excluding ortho intramolecular Hbond substituents is 1. The average molecular weight is 541 g/mol. The van der Waals surface area contributed by atoms with Crippen LogP contribution in [0.5, 0.6) is 23.0 Å². The number of rotatable bonds is 7. The minimum absolute atomic E-state index is 0.0584. The Morgan fingerprint density at radius 2 is 1.62 bits per heavy atom. The molecule has 0 radical (unpaired) electrons. The van der Waals surface area contributed by atoms with Gasteiger partial charge in [0.15, 0.2) is 17.3 Å². The van der Waals surface area contributed by atoms with Crippen molar-refractivity contribution in [1.82, 2.24) is 5.32 Å². The maximum Gasteiger partial charge on any atom is 0.254 e. The lowest BCUT2D eigenvalue weighted by Gasteiger charge is -2.37. The SMILES string of the molecule is COc1ccccc1NC(=O)C1=C(C)NC2=C(C(=O)C[C@H](c3ccc(OC)c(OC)c3)C2)[C@@H]1c1cccc(O)c1. The molecule has 0 bridgehead atoms. The minimum atomic E-state index is -0.656. The molecule has 40 heavy (non-hydrogen) atoms. The third-order valence-electron chi connectivity index (χ3n) is 7.51. The van der Waals surface area contributed by atoms with Crippen molar-refractivity contribution in [3.63, 3.8) is 0 Å². The number of methoxy groups -OCH3 is 3. The topological polar surface area (TPSA) is 106 Å². The van der Waals surface area contributed by atoms with Crippen molar-refractivity contribution in [2.45, 2.75) is 31.6 Å². The zero-order valence-corrected chi connectivity index (χ0v) is 22.9. The number of benzene rings is 3. The van der Waals surface area contributed by atoms with Crippen molar-refractivity contribution in [1.29, 1.82) is 0 Å². The van der Waals surface area contributed by atoms with Crippen LogP contribution < -0.4 is 24.8 Å². The molecular formula is C32H32N2O6. The van der Waals surface area contributed by atoms with E-state index in [0.29, 0.717) is 51.8 Å². The predicted octanol–water partition coefficient (Wildman–Crippen LogP) is 5.42. The zero-order valence-electron chi connectivity index (χ0n) is 22.9. The van der Waals surface area contributed by atoms with Crippen LogP contribution in [0.2, 0.25) is 0 Å². The van der Waals surface area contributed by atoms with E-state index >= 15 is 0 Å². The molecule has 2 aliphatic rings. The fourth-order valence-corrected chi connectivity index (χ4v) is 5.66. The Morgan fingerprint density at radius 1 is 0.875 bits per heavy atom. The highest BCUT2D eigenvalue weighted by molar-refractivity contribution is 6.10. The molecule has 0 unspecified atom stereocenters. The minimum Gasteiger partial charge on any atom is -0.508 e. The molecule has 1 heterocycles. The number of para-hydroxylation sites is 2. The normalized spacial score (nSPS) is 18.6. The number of hydrogen-bond donors (Lipinski definition) is 3. The molecule has 3 aromatic rings. The van der Waals surface area contributed by atoms with Gasteiger partial charge in [-0.1, -0.05) is 30.3 Å². The summed E-state index contributed by atoms with van der Waals surface area (Å²) in [6, 6.07) is 19.6. The first-order chi connectivity index (χ1) is 19.3. The van der Waals surface area contributed by atoms with Crippen LogP contribution in [0.25, 0.3) is 0 Å². The molecule has 0 spiro atoms. The second-order valence-corrected chi connectivity index (χ2v) is 9.88. The number of nitrogens with one attached hydrogen (secondary N) is 2. The largest absolute Gasteiger partial charge is 0.508 e. The number of aromatic hydroxyl groups is 1. The summed E-state index contributed by atoms with van der Waals surface area (Å²) in [5, 5.41) is 16.7. The van der Waals surface area contributed by atoms with E-state index in [1.54, 1.807) is 51.7 Å². The third kappa shape index (κ3) is 5.00. The highest BCUT2D eigenvalue weighted by Gasteiger charge is 2.41. The first kappa shape index (κ1) is 26.9. The second-order valence-electron chi connectivity index (χ2n) is 9.88. The van der Waals surface area contributed by atoms with Crippen LogP contribution in [-0.4, -0.2) is 38.1 Å². The van der Waals surface area contributed by atoms with E-state index in [-0.39, 0.29) is 29.8 Å². The molecule has 2 atom stereocenters. The lowest BCUT2D eigenvalue weighted by Crippen LogP contribution is -2.37. The molecule has 1 aliphatic heterocycles. The Bertz CT molecular complexity index is 1540. The third-order valence-corrected chi connectivity index (χ3v) is 7.51. The Kier molecular flexibility index (Phi) is 7.51. The molecule has 1 aliphatic carbocycles. The summed E-state index contributed by atoms with van der Waals surface area (Å²) in [4.78, 5) is 27.7. The van der Waals surface area contributed by atoms with E-state index in [1.807, 2.05) is 43.3 Å². The smallest absolute Gasteiger partial charge is 0.254 e. The molecule has 8 nitrogen and oxygen atoms in total. The van der Waals surface area contributed by atoms with Crippen LogP contribution in [0.3, 0.4) is 0 Å². The maximum absolute atomic E-state index is 13.9. The number of carbonyl (C=O) groups is 2. The molecule has 0 fully saturated rings. The van der Waals surface area contributed by atoms with Crippen molar-refractivity contribution in [3.05, 3.63) is 100 Å². The van der Waals surface area contributed by atoms with E-state index in [1.165, 1.54) is 0 Å². The summed E-state index contributed by atoms with van der Waals surface area (Å²) < 4.78 is 16.3. The summed E-state index contributed by atoms with van der Waals surface area (Å²) in [6.45, 7) is 1.83. The van der Waals surface area contributed by atoms with E-state index < -0.39 is 5.92 Å². The number of carbonyl (C=O) groups excluding carboxylic acids is 2. The van der Waals surface area contributed by atoms with Crippen molar-refractivity contribution in [2.24, 2.45) is 0 Å². The lowest BCUT2D eigenvalue weighted by atomic mass is 9.71. The highest BCUT2D eigenvalue weighted by Crippen LogP contribution is 2.47. The number of anilines is 1. The van der Waals surface area contributed by atoms with Gasteiger partial charge in [-0.3, -0.25) is 9.59 Å². The fourth-order valence-electron chi connectivity index (χ4n) is 5.66. The first-order valence-electron chi connectivity index (χ1n) is 13.0. The van der Waals surface area contributed by atoms with Gasteiger partial charge < -0.3 is 30.0 Å². The Balaban J connectivity index is 1.55. The Hall–Kier alpha value is -4.72. The van der Waals surface area contributed by atoms with Gasteiger partial charge in [0.05, 0.1) is 27.0 Å². The van der Waals surface area contributed by atoms with Crippen LogP contribution in [0.15, 0.2) is 89.3 Å². The monoisotopic (exact) mass is 540 g/mol. The molecular weight excluding hydrogens is 508 g/mol. The number of amides is 1. The van der Waals surface area contributed by atoms with Gasteiger partial charge >= 0.3 is 0 Å². The van der Waals surface area contributed by atoms with E-state index in [2.05, 4.69) is 10.6 Å². The van der Waals surface area contributed by atoms with Crippen molar-refractivity contribution < 1.29 is 28.9 Å². The van der Waals surface area contributed by atoms with Crippen molar-refractivity contribution in [2.75, 3.05) is 26.6 Å². The number of dihydropyridines is 1. The van der Waals surface area contributed by atoms with Crippen LogP contribution >= 0.6 is 0 Å². The molecule has 3 N–H and O–H groups in total. The van der Waals surface area contributed by atoms with Gasteiger partial charge in [0.25, 0.3) is 5.91 Å². The van der Waals surface area contributed by atoms with Crippen LogP contribution in [0.1, 0.15) is 42.7 Å². The molecule has 0 saturated carbocycles. The average Bonchev–Trinajstić information content (AvgIpc) is 2.96. The van der Waals surface area contributed by atoms with Crippen LogP contribution in [-0.2, 0) is 9.59 Å². The Labute approximate surface area is 233 Å². The van der Waals surface area contributed by atoms with Gasteiger partial charge in [-0.05, 0) is 66.8 Å². The highest BCUT2D eigenvalue weighted by atomic mass is 16.5. The lowest BCUT2D eigenvalue weighted by molar-refractivity contribution is -0.116. The van der Waals surface area contributed by atoms with E-state index in [0.717, 1.165) is 11.3 Å². The van der Waals surface area contributed by atoms with Gasteiger partial charge in [-0.15, -0.1) is 0 Å². The number of Topliss-reactive ketones (excluding diaryl/α,β-unsaturated/α-hetero) is 1. The van der Waals surface area contributed by atoms with Crippen LogP contribution in [0.4, 0.5) is 5.69 Å². The number of ketones is 1. The Morgan fingerprint density at radius 3 is 2.35 bits per heavy atom. The molecule has 0 aromatic heterocycles. The summed E-state index contributed by atoms with van der Waals surface area (Å²) in [5.74, 6) is 0.661. The summed E-state index contributed by atoms with van der Waals surface area (Å²) in [7, 11) is 4.71. The fraction of sp³-hybridized carbons (Fsp3) is 0.250. The number of hydrogen-bond acceptors (Lipinski definition) is 7. The number of allylic oxidation sites excluding steroid dienone is 3. The molecule has 1 amide bonds. The van der Waals surface area contributed by atoms with Crippen molar-refractivity contribution in [3.8, 4) is 23.0 Å². The number of phenols is 1. The molecule has 5 rings (SSSR count). The van der Waals surface area contributed by atoms with E-state index in [9.17, 15) is 14.7 Å². The van der Waals surface area contributed by atoms with Gasteiger partial charge in [0, 0.05) is 34.9 Å². The number of ether oxygens (including phenoxy) is 3. The first-order valence-corrected chi connectivity index (χ1v) is 13.0. The quantitative estimate of drug-likeness (QED) is 0.368. The molecule has 0 saturated heterocycles. The van der Waals surface area contributed by atoms with Crippen LogP contribution in [0, 0.1) is 0 Å². The molecule has 3 aromatic carbocycles. The van der Waals surface area contributed by atoms with E-state index in [4.69, 9.17) is 14.2 Å². The van der Waals surface area contributed by atoms with Gasteiger partial charge in [0.1, 0.15) is 11.5 Å². The van der Waals surface area contributed by atoms with Gasteiger partial charge in [-0.2, -0.15) is 0 Å². The van der Waals surface area contributed by atoms with Gasteiger partial charge in [0.2, 0.25) is 0 Å². The predicted molar refractivity (Wildman–Crippen MR) is 152 cm³/mol. The summed E-state index contributed by atoms with van der Waals surface area (Å²) in [5.41, 5.74) is 4.52. The summed E-state index contributed by atoms with van der Waals surface area (Å²) >= 11 is 0. The van der Waals surface area contributed by atoms with Gasteiger partial charge in [-0.25, -0.2) is 0 Å². The standard InChI is InChI=1S/C32H32N2O6/c1-18-29(32(37)34-23-10-5-6-11-26(23)38-2)30(20-8-7-9-22(35)14-20)31-24(33-18)15-21(16-25(31)36)19-12-13-27(39-3)28(17-19)40-4/h5-14,17,21,30,33,35H,15-16H2,1-4H3,(H,34,37)/t21-,30-/m1/s1. The summed E-state index contributed by atoms with van der Waals surface area (Å²) in [6.07, 6.45) is 0.844. The molecule has 206 valence electrons. The maximum atomic E-state index is 13.9. The zero-order chi connectivity index (χ0) is 28.4. The second kappa shape index (κ2) is 11.2.